The van der Waals surface area contributed by atoms with Gasteiger partial charge < -0.3 is 5.73 Å². The molecule has 5 heteroatoms. The van der Waals surface area contributed by atoms with Crippen molar-refractivity contribution in [2.75, 3.05) is 0 Å². The molecule has 0 aliphatic carbocycles. The van der Waals surface area contributed by atoms with Crippen LogP contribution < -0.4 is 5.73 Å². The number of benzene rings is 2. The molecule has 21 heavy (non-hydrogen) atoms. The molecule has 106 valence electrons. The molecular formula is C16H11Cl2NO2. The van der Waals surface area contributed by atoms with E-state index in [-0.39, 0.29) is 5.78 Å². The zero-order valence-electron chi connectivity index (χ0n) is 10.8. The maximum Gasteiger partial charge on any atom is 0.248 e. The van der Waals surface area contributed by atoms with Crippen LogP contribution in [0, 0.1) is 0 Å². The van der Waals surface area contributed by atoms with Crippen molar-refractivity contribution >= 4 is 41.0 Å². The van der Waals surface area contributed by atoms with Gasteiger partial charge in [0.25, 0.3) is 0 Å². The number of halogens is 2. The quantitative estimate of drug-likeness (QED) is 0.684. The van der Waals surface area contributed by atoms with Crippen molar-refractivity contribution in [2.24, 2.45) is 5.73 Å². The third-order valence-electron chi connectivity index (χ3n) is 2.86. The van der Waals surface area contributed by atoms with Crippen molar-refractivity contribution in [2.45, 2.75) is 0 Å². The Hall–Kier alpha value is -2.10. The summed E-state index contributed by atoms with van der Waals surface area (Å²) < 4.78 is 0. The minimum absolute atomic E-state index is 0.220. The van der Waals surface area contributed by atoms with Crippen LogP contribution in [0.3, 0.4) is 0 Å². The molecule has 0 bridgehead atoms. The van der Waals surface area contributed by atoms with E-state index in [9.17, 15) is 9.59 Å². The summed E-state index contributed by atoms with van der Waals surface area (Å²) in [6, 6.07) is 11.2. The van der Waals surface area contributed by atoms with Crippen LogP contribution in [0.15, 0.2) is 48.5 Å². The normalized spacial score (nSPS) is 10.8. The first-order valence-corrected chi connectivity index (χ1v) is 6.81. The van der Waals surface area contributed by atoms with Crippen LogP contribution >= 0.6 is 23.2 Å². The summed E-state index contributed by atoms with van der Waals surface area (Å²) in [6.07, 6.45) is 2.95. The molecule has 2 aromatic carbocycles. The van der Waals surface area contributed by atoms with Gasteiger partial charge in [-0.15, -0.1) is 0 Å². The molecule has 2 N–H and O–H groups in total. The Labute approximate surface area is 132 Å². The van der Waals surface area contributed by atoms with Crippen LogP contribution in [-0.2, 0) is 0 Å². The van der Waals surface area contributed by atoms with E-state index in [2.05, 4.69) is 0 Å². The summed E-state index contributed by atoms with van der Waals surface area (Å²) in [5, 5.41) is 0.936. The Morgan fingerprint density at radius 3 is 1.95 bits per heavy atom. The van der Waals surface area contributed by atoms with Crippen LogP contribution in [0.25, 0.3) is 6.08 Å². The summed E-state index contributed by atoms with van der Waals surface area (Å²) in [5.74, 6) is -0.755. The van der Waals surface area contributed by atoms with Gasteiger partial charge in [0.15, 0.2) is 5.78 Å². The highest BCUT2D eigenvalue weighted by atomic mass is 35.5. The minimum Gasteiger partial charge on any atom is -0.366 e. The van der Waals surface area contributed by atoms with E-state index in [0.29, 0.717) is 26.7 Å². The number of primary amides is 1. The Morgan fingerprint density at radius 2 is 1.43 bits per heavy atom. The SMILES string of the molecule is NC(=O)c1ccc(C(=O)/C=C/c2c(Cl)cccc2Cl)cc1. The lowest BCUT2D eigenvalue weighted by atomic mass is 10.1. The summed E-state index contributed by atoms with van der Waals surface area (Å²) in [4.78, 5) is 23.0. The fourth-order valence-electron chi connectivity index (χ4n) is 1.72. The number of amides is 1. The number of nitrogens with two attached hydrogens (primary N) is 1. The molecule has 0 radical (unpaired) electrons. The fraction of sp³-hybridized carbons (Fsp3) is 0. The second-order valence-electron chi connectivity index (χ2n) is 4.27. The first-order chi connectivity index (χ1) is 9.99. The molecule has 0 saturated carbocycles. The molecule has 0 aliphatic rings. The van der Waals surface area contributed by atoms with Gasteiger partial charge in [0.1, 0.15) is 0 Å². The largest absolute Gasteiger partial charge is 0.366 e. The lowest BCUT2D eigenvalue weighted by molar-refractivity contribution is 0.0997. The maximum atomic E-state index is 12.0. The molecule has 0 heterocycles. The second-order valence-corrected chi connectivity index (χ2v) is 5.09. The van der Waals surface area contributed by atoms with Gasteiger partial charge in [0.2, 0.25) is 5.91 Å². The van der Waals surface area contributed by atoms with Gasteiger partial charge >= 0.3 is 0 Å². The summed E-state index contributed by atoms with van der Waals surface area (Å²) >= 11 is 12.0. The number of hydrogen-bond acceptors (Lipinski definition) is 2. The van der Waals surface area contributed by atoms with Crippen molar-refractivity contribution in [1.29, 1.82) is 0 Å². The lowest BCUT2D eigenvalue weighted by Gasteiger charge is -2.01. The zero-order chi connectivity index (χ0) is 15.4. The molecule has 0 fully saturated rings. The summed E-state index contributed by atoms with van der Waals surface area (Å²) in [7, 11) is 0. The molecule has 2 rings (SSSR count). The van der Waals surface area contributed by atoms with E-state index in [1.807, 2.05) is 0 Å². The van der Waals surface area contributed by atoms with Crippen LogP contribution in [0.1, 0.15) is 26.3 Å². The van der Waals surface area contributed by atoms with E-state index in [4.69, 9.17) is 28.9 Å². The first kappa shape index (κ1) is 15.3. The highest BCUT2D eigenvalue weighted by molar-refractivity contribution is 6.37. The van der Waals surface area contributed by atoms with E-state index >= 15 is 0 Å². The van der Waals surface area contributed by atoms with Gasteiger partial charge in [-0.3, -0.25) is 9.59 Å². The smallest absolute Gasteiger partial charge is 0.248 e. The van der Waals surface area contributed by atoms with E-state index < -0.39 is 5.91 Å². The number of ketones is 1. The van der Waals surface area contributed by atoms with E-state index in [0.717, 1.165) is 0 Å². The number of carbonyl (C=O) groups excluding carboxylic acids is 2. The Balaban J connectivity index is 2.21. The predicted molar refractivity (Wildman–Crippen MR) is 84.8 cm³/mol. The minimum atomic E-state index is -0.535. The van der Waals surface area contributed by atoms with Crippen LogP contribution in [0.5, 0.6) is 0 Å². The van der Waals surface area contributed by atoms with Gasteiger partial charge in [-0.25, -0.2) is 0 Å². The molecule has 0 aromatic heterocycles. The van der Waals surface area contributed by atoms with Gasteiger partial charge in [-0.05, 0) is 36.4 Å². The number of hydrogen-bond donors (Lipinski definition) is 1. The number of carbonyl (C=O) groups is 2. The summed E-state index contributed by atoms with van der Waals surface area (Å²) in [5.41, 5.74) is 6.52. The Kier molecular flexibility index (Phi) is 4.78. The first-order valence-electron chi connectivity index (χ1n) is 6.05. The Morgan fingerprint density at radius 1 is 0.905 bits per heavy atom. The van der Waals surface area contributed by atoms with Gasteiger partial charge in [0.05, 0.1) is 0 Å². The average molecular weight is 320 g/mol. The molecule has 1 amide bonds. The van der Waals surface area contributed by atoms with Crippen molar-refractivity contribution < 1.29 is 9.59 Å². The molecule has 0 spiro atoms. The van der Waals surface area contributed by atoms with E-state index in [1.165, 1.54) is 18.2 Å². The predicted octanol–water partition coefficient (Wildman–Crippen LogP) is 3.99. The topological polar surface area (TPSA) is 60.2 Å². The van der Waals surface area contributed by atoms with E-state index in [1.54, 1.807) is 36.4 Å². The molecule has 0 aliphatic heterocycles. The highest BCUT2D eigenvalue weighted by Gasteiger charge is 2.06. The summed E-state index contributed by atoms with van der Waals surface area (Å²) in [6.45, 7) is 0. The van der Waals surface area contributed by atoms with Gasteiger partial charge in [0, 0.05) is 26.7 Å². The van der Waals surface area contributed by atoms with Crippen molar-refractivity contribution in [1.82, 2.24) is 0 Å². The third-order valence-corrected chi connectivity index (χ3v) is 3.51. The molecule has 2 aromatic rings. The third kappa shape index (κ3) is 3.72. The molecule has 0 saturated heterocycles. The fourth-order valence-corrected chi connectivity index (χ4v) is 2.25. The molecule has 0 unspecified atom stereocenters. The maximum absolute atomic E-state index is 12.0. The average Bonchev–Trinajstić information content (AvgIpc) is 2.46. The standard InChI is InChI=1S/C16H11Cl2NO2/c17-13-2-1-3-14(18)12(13)8-9-15(20)10-4-6-11(7-5-10)16(19)21/h1-9H,(H2,19,21)/b9-8+. The molecular weight excluding hydrogens is 309 g/mol. The zero-order valence-corrected chi connectivity index (χ0v) is 12.4. The van der Waals surface area contributed by atoms with Crippen LogP contribution in [0.2, 0.25) is 10.0 Å². The van der Waals surface area contributed by atoms with Crippen molar-refractivity contribution in [3.63, 3.8) is 0 Å². The second kappa shape index (κ2) is 6.57. The Bertz CT molecular complexity index is 701. The van der Waals surface area contributed by atoms with Crippen LogP contribution in [-0.4, -0.2) is 11.7 Å². The monoisotopic (exact) mass is 319 g/mol. The number of rotatable bonds is 4. The number of allylic oxidation sites excluding steroid dienone is 1. The van der Waals surface area contributed by atoms with Crippen molar-refractivity contribution in [3.8, 4) is 0 Å². The highest BCUT2D eigenvalue weighted by Crippen LogP contribution is 2.25. The van der Waals surface area contributed by atoms with Crippen LogP contribution in [0.4, 0.5) is 0 Å². The molecule has 0 atom stereocenters. The van der Waals surface area contributed by atoms with Crippen molar-refractivity contribution in [3.05, 3.63) is 75.3 Å². The lowest BCUT2D eigenvalue weighted by Crippen LogP contribution is -2.10. The van der Waals surface area contributed by atoms with Gasteiger partial charge in [-0.2, -0.15) is 0 Å². The molecule has 3 nitrogen and oxygen atoms in total. The van der Waals surface area contributed by atoms with Gasteiger partial charge in [-0.1, -0.05) is 41.4 Å².